The van der Waals surface area contributed by atoms with Crippen molar-refractivity contribution in [3.8, 4) is 0 Å². The Morgan fingerprint density at radius 1 is 1.05 bits per heavy atom. The summed E-state index contributed by atoms with van der Waals surface area (Å²) in [5, 5.41) is 0. The lowest BCUT2D eigenvalue weighted by Gasteiger charge is -2.33. The van der Waals surface area contributed by atoms with Crippen LogP contribution in [0.1, 0.15) is 31.2 Å². The highest BCUT2D eigenvalue weighted by Gasteiger charge is 2.29. The van der Waals surface area contributed by atoms with Gasteiger partial charge in [-0.25, -0.2) is 0 Å². The molecule has 0 aromatic heterocycles. The number of halogens is 1. The number of carbonyl (C=O) groups is 1. The van der Waals surface area contributed by atoms with Gasteiger partial charge in [0.05, 0.1) is 0 Å². The van der Waals surface area contributed by atoms with Gasteiger partial charge >= 0.3 is 0 Å². The van der Waals surface area contributed by atoms with Crippen molar-refractivity contribution in [3.63, 3.8) is 0 Å². The van der Waals surface area contributed by atoms with E-state index >= 15 is 0 Å². The molecule has 1 aromatic carbocycles. The van der Waals surface area contributed by atoms with E-state index < -0.39 is 0 Å². The lowest BCUT2D eigenvalue weighted by atomic mass is 9.95. The largest absolute Gasteiger partial charge is 0.342 e. The maximum atomic E-state index is 12.4. The summed E-state index contributed by atoms with van der Waals surface area (Å²) in [5.74, 6) is 0.681. The smallest absolute Gasteiger partial charge is 0.225 e. The summed E-state index contributed by atoms with van der Waals surface area (Å²) in [6, 6.07) is 8.54. The van der Waals surface area contributed by atoms with Gasteiger partial charge in [-0.1, -0.05) is 28.1 Å². The molecule has 4 heteroatoms. The monoisotopic (exact) mass is 350 g/mol. The second-order valence-electron chi connectivity index (χ2n) is 6.21. The number of piperidine rings is 1. The Morgan fingerprint density at radius 3 is 2.29 bits per heavy atom. The number of likely N-dealkylation sites (tertiary alicyclic amines) is 2. The number of hydrogen-bond acceptors (Lipinski definition) is 2. The van der Waals surface area contributed by atoms with E-state index in [0.29, 0.717) is 5.91 Å². The average Bonchev–Trinajstić information content (AvgIpc) is 3.04. The fraction of sp³-hybridized carbons (Fsp3) is 0.588. The first kappa shape index (κ1) is 15.0. The number of rotatable bonds is 3. The highest BCUT2D eigenvalue weighted by Crippen LogP contribution is 2.23. The normalized spacial score (nSPS) is 20.9. The van der Waals surface area contributed by atoms with E-state index in [1.165, 1.54) is 18.4 Å². The van der Waals surface area contributed by atoms with Crippen molar-refractivity contribution >= 4 is 21.8 Å². The van der Waals surface area contributed by atoms with Crippen LogP contribution in [0.15, 0.2) is 28.7 Å². The second-order valence-corrected chi connectivity index (χ2v) is 7.12. The first-order chi connectivity index (χ1) is 10.2. The van der Waals surface area contributed by atoms with Gasteiger partial charge in [-0.3, -0.25) is 9.69 Å². The molecular formula is C17H23BrN2O. The molecule has 0 aliphatic carbocycles. The summed E-state index contributed by atoms with van der Waals surface area (Å²) in [6.07, 6.45) is 4.42. The van der Waals surface area contributed by atoms with Gasteiger partial charge in [0.15, 0.2) is 0 Å². The number of hydrogen-bond donors (Lipinski definition) is 0. The Kier molecular flexibility index (Phi) is 4.96. The van der Waals surface area contributed by atoms with Crippen molar-refractivity contribution in [2.24, 2.45) is 5.92 Å². The third-order valence-electron chi connectivity index (χ3n) is 4.67. The molecule has 1 aromatic rings. The molecule has 0 atom stereocenters. The molecule has 0 spiro atoms. The average molecular weight is 351 g/mol. The highest BCUT2D eigenvalue weighted by molar-refractivity contribution is 9.10. The topological polar surface area (TPSA) is 23.6 Å². The third kappa shape index (κ3) is 3.86. The second kappa shape index (κ2) is 6.93. The van der Waals surface area contributed by atoms with Crippen LogP contribution in [0.4, 0.5) is 0 Å². The van der Waals surface area contributed by atoms with Crippen LogP contribution in [-0.4, -0.2) is 41.9 Å². The molecule has 3 rings (SSSR count). The summed E-state index contributed by atoms with van der Waals surface area (Å²) >= 11 is 3.47. The van der Waals surface area contributed by atoms with Crippen LogP contribution in [0, 0.1) is 5.92 Å². The van der Waals surface area contributed by atoms with Gasteiger partial charge < -0.3 is 4.90 Å². The zero-order valence-electron chi connectivity index (χ0n) is 12.4. The van der Waals surface area contributed by atoms with E-state index in [9.17, 15) is 4.79 Å². The van der Waals surface area contributed by atoms with Gasteiger partial charge in [0.2, 0.25) is 5.91 Å². The molecular weight excluding hydrogens is 328 g/mol. The lowest BCUT2D eigenvalue weighted by molar-refractivity contribution is -0.136. The van der Waals surface area contributed by atoms with Gasteiger partial charge in [0.25, 0.3) is 0 Å². The molecule has 0 N–H and O–H groups in total. The van der Waals surface area contributed by atoms with E-state index in [-0.39, 0.29) is 5.92 Å². The molecule has 2 heterocycles. The van der Waals surface area contributed by atoms with Crippen molar-refractivity contribution in [2.45, 2.75) is 32.2 Å². The van der Waals surface area contributed by atoms with Crippen LogP contribution < -0.4 is 0 Å². The molecule has 114 valence electrons. The summed E-state index contributed by atoms with van der Waals surface area (Å²) in [6.45, 7) is 5.05. The predicted octanol–water partition coefficient (Wildman–Crippen LogP) is 3.28. The minimum absolute atomic E-state index is 0.268. The van der Waals surface area contributed by atoms with Crippen molar-refractivity contribution in [3.05, 3.63) is 34.3 Å². The van der Waals surface area contributed by atoms with Crippen LogP contribution in [-0.2, 0) is 11.3 Å². The van der Waals surface area contributed by atoms with Crippen molar-refractivity contribution in [2.75, 3.05) is 26.2 Å². The Balaban J connectivity index is 1.48. The first-order valence-corrected chi connectivity index (χ1v) is 8.77. The fourth-order valence-electron chi connectivity index (χ4n) is 3.38. The number of nitrogens with zero attached hydrogens (tertiary/aromatic N) is 2. The minimum atomic E-state index is 0.268. The molecule has 2 fully saturated rings. The standard InChI is InChI=1S/C17H23BrN2O/c18-16-5-3-14(4-6-16)13-19-11-7-15(8-12-19)17(21)20-9-1-2-10-20/h3-6,15H,1-2,7-13H2. The SMILES string of the molecule is O=C(C1CCN(Cc2ccc(Br)cc2)CC1)N1CCCC1. The molecule has 0 unspecified atom stereocenters. The molecule has 21 heavy (non-hydrogen) atoms. The molecule has 0 saturated carbocycles. The molecule has 2 aliphatic rings. The van der Waals surface area contributed by atoms with Crippen LogP contribution in [0.3, 0.4) is 0 Å². The number of amides is 1. The summed E-state index contributed by atoms with van der Waals surface area (Å²) in [5.41, 5.74) is 1.35. The third-order valence-corrected chi connectivity index (χ3v) is 5.20. The summed E-state index contributed by atoms with van der Waals surface area (Å²) < 4.78 is 1.13. The Morgan fingerprint density at radius 2 is 1.67 bits per heavy atom. The molecule has 3 nitrogen and oxygen atoms in total. The molecule has 1 amide bonds. The van der Waals surface area contributed by atoms with Gasteiger partial charge in [-0.15, -0.1) is 0 Å². The number of carbonyl (C=O) groups excluding carboxylic acids is 1. The quantitative estimate of drug-likeness (QED) is 0.834. The maximum Gasteiger partial charge on any atom is 0.225 e. The molecule has 2 saturated heterocycles. The van der Waals surface area contributed by atoms with Gasteiger partial charge in [0, 0.05) is 30.0 Å². The minimum Gasteiger partial charge on any atom is -0.342 e. The van der Waals surface area contributed by atoms with Crippen LogP contribution >= 0.6 is 15.9 Å². The van der Waals surface area contributed by atoms with Crippen molar-refractivity contribution in [1.82, 2.24) is 9.80 Å². The Hall–Kier alpha value is -0.870. The summed E-state index contributed by atoms with van der Waals surface area (Å²) in [7, 11) is 0. The van der Waals surface area contributed by atoms with E-state index in [1.807, 2.05) is 0 Å². The summed E-state index contributed by atoms with van der Waals surface area (Å²) in [4.78, 5) is 17.0. The van der Waals surface area contributed by atoms with Crippen molar-refractivity contribution in [1.29, 1.82) is 0 Å². The van der Waals surface area contributed by atoms with Crippen molar-refractivity contribution < 1.29 is 4.79 Å². The zero-order chi connectivity index (χ0) is 14.7. The fourth-order valence-corrected chi connectivity index (χ4v) is 3.65. The van der Waals surface area contributed by atoms with Crippen LogP contribution in [0.25, 0.3) is 0 Å². The van der Waals surface area contributed by atoms with E-state index in [0.717, 1.165) is 50.0 Å². The van der Waals surface area contributed by atoms with E-state index in [2.05, 4.69) is 50.0 Å². The van der Waals surface area contributed by atoms with Crippen LogP contribution in [0.2, 0.25) is 0 Å². The van der Waals surface area contributed by atoms with Gasteiger partial charge in [0.1, 0.15) is 0 Å². The van der Waals surface area contributed by atoms with E-state index in [1.54, 1.807) is 0 Å². The Labute approximate surface area is 135 Å². The Bertz CT molecular complexity index is 474. The zero-order valence-corrected chi connectivity index (χ0v) is 14.0. The molecule has 0 radical (unpaired) electrons. The van der Waals surface area contributed by atoms with Crippen LogP contribution in [0.5, 0.6) is 0 Å². The van der Waals surface area contributed by atoms with Gasteiger partial charge in [-0.05, 0) is 56.5 Å². The highest BCUT2D eigenvalue weighted by atomic mass is 79.9. The molecule has 2 aliphatic heterocycles. The lowest BCUT2D eigenvalue weighted by Crippen LogP contribution is -2.41. The van der Waals surface area contributed by atoms with Gasteiger partial charge in [-0.2, -0.15) is 0 Å². The maximum absolute atomic E-state index is 12.4. The molecule has 0 bridgehead atoms. The van der Waals surface area contributed by atoms with E-state index in [4.69, 9.17) is 0 Å². The number of benzene rings is 1. The predicted molar refractivity (Wildman–Crippen MR) is 88.0 cm³/mol. The first-order valence-electron chi connectivity index (χ1n) is 7.98.